The van der Waals surface area contributed by atoms with Crippen LogP contribution in [0.5, 0.6) is 0 Å². The second-order valence-electron chi connectivity index (χ2n) is 4.59. The van der Waals surface area contributed by atoms with Gasteiger partial charge in [-0.25, -0.2) is 4.98 Å². The Labute approximate surface area is 120 Å². The number of hydrogen-bond acceptors (Lipinski definition) is 6. The number of nitrogens with one attached hydrogen (secondary N) is 1. The normalized spacial score (nSPS) is 18.4. The van der Waals surface area contributed by atoms with E-state index in [1.807, 2.05) is 12.3 Å². The fourth-order valence-electron chi connectivity index (χ4n) is 2.14. The Bertz CT molecular complexity index is 589. The molecule has 1 aliphatic rings. The lowest BCUT2D eigenvalue weighted by molar-refractivity contribution is 0.0853. The molecule has 8 heteroatoms. The van der Waals surface area contributed by atoms with Gasteiger partial charge in [0.25, 0.3) is 5.91 Å². The zero-order valence-electron chi connectivity index (χ0n) is 11.1. The fourth-order valence-corrected chi connectivity index (χ4v) is 2.78. The molecule has 0 unspecified atom stereocenters. The summed E-state index contributed by atoms with van der Waals surface area (Å²) in [6.07, 6.45) is 3.86. The molecule has 0 saturated carbocycles. The van der Waals surface area contributed by atoms with Gasteiger partial charge >= 0.3 is 0 Å². The summed E-state index contributed by atoms with van der Waals surface area (Å²) in [4.78, 5) is 16.3. The van der Waals surface area contributed by atoms with Gasteiger partial charge in [0, 0.05) is 24.7 Å². The van der Waals surface area contributed by atoms with Crippen molar-refractivity contribution in [1.82, 2.24) is 25.3 Å². The number of hydrogen-bond donors (Lipinski definition) is 1. The van der Waals surface area contributed by atoms with Crippen molar-refractivity contribution in [1.29, 1.82) is 0 Å². The van der Waals surface area contributed by atoms with Gasteiger partial charge in [-0.1, -0.05) is 5.21 Å². The molecule has 1 saturated heterocycles. The lowest BCUT2D eigenvalue weighted by atomic mass is 10.2. The minimum Gasteiger partial charge on any atom is -0.376 e. The Morgan fingerprint density at radius 1 is 1.65 bits per heavy atom. The number of ether oxygens (including phenoxy) is 1. The number of amides is 1. The zero-order chi connectivity index (χ0) is 13.9. The maximum absolute atomic E-state index is 12.1. The number of aromatic nitrogens is 4. The highest BCUT2D eigenvalue weighted by molar-refractivity contribution is 7.12. The number of carbonyl (C=O) groups excluding carboxylic acids is 1. The molecule has 0 spiro atoms. The highest BCUT2D eigenvalue weighted by atomic mass is 32.1. The lowest BCUT2D eigenvalue weighted by Crippen LogP contribution is -2.32. The van der Waals surface area contributed by atoms with Crippen molar-refractivity contribution in [2.24, 2.45) is 0 Å². The van der Waals surface area contributed by atoms with Crippen LogP contribution in [0.1, 0.15) is 29.0 Å². The Hall–Kier alpha value is -1.80. The lowest BCUT2D eigenvalue weighted by Gasteiger charge is -2.09. The molecule has 1 fully saturated rings. The van der Waals surface area contributed by atoms with E-state index in [1.54, 1.807) is 10.9 Å². The first kappa shape index (κ1) is 13.2. The molecule has 0 aromatic carbocycles. The zero-order valence-corrected chi connectivity index (χ0v) is 11.9. The van der Waals surface area contributed by atoms with Crippen LogP contribution in [0.25, 0.3) is 5.13 Å². The topological polar surface area (TPSA) is 81.9 Å². The molecule has 0 aliphatic carbocycles. The second-order valence-corrected chi connectivity index (χ2v) is 5.47. The van der Waals surface area contributed by atoms with Gasteiger partial charge in [0.1, 0.15) is 0 Å². The molecule has 3 heterocycles. The molecule has 3 rings (SSSR count). The Kier molecular flexibility index (Phi) is 3.75. The summed E-state index contributed by atoms with van der Waals surface area (Å²) >= 11 is 1.45. The van der Waals surface area contributed by atoms with E-state index in [-0.39, 0.29) is 12.0 Å². The maximum Gasteiger partial charge on any atom is 0.273 e. The van der Waals surface area contributed by atoms with E-state index in [1.165, 1.54) is 11.3 Å². The standard InChI is InChI=1S/C12H15N5O2S/c1-8-10(11(18)14-7-9-3-2-5-19-9)15-16-17(8)12-13-4-6-20-12/h4,6,9H,2-3,5,7H2,1H3,(H,14,18)/t9-/m0/s1. The molecule has 1 atom stereocenters. The maximum atomic E-state index is 12.1. The van der Waals surface area contributed by atoms with Crippen molar-refractivity contribution in [3.63, 3.8) is 0 Å². The number of nitrogens with zero attached hydrogens (tertiary/aromatic N) is 4. The van der Waals surface area contributed by atoms with Gasteiger partial charge in [-0.3, -0.25) is 4.79 Å². The molecule has 2 aromatic heterocycles. The van der Waals surface area contributed by atoms with Crippen LogP contribution < -0.4 is 5.32 Å². The molecular weight excluding hydrogens is 278 g/mol. The predicted molar refractivity (Wildman–Crippen MR) is 73.1 cm³/mol. The SMILES string of the molecule is Cc1c(C(=O)NC[C@@H]2CCCO2)nnn1-c1nccs1. The summed E-state index contributed by atoms with van der Waals surface area (Å²) in [5.41, 5.74) is 1.02. The van der Waals surface area contributed by atoms with Crippen LogP contribution >= 0.6 is 11.3 Å². The Morgan fingerprint density at radius 2 is 2.55 bits per heavy atom. The predicted octanol–water partition coefficient (Wildman–Crippen LogP) is 0.941. The van der Waals surface area contributed by atoms with Crippen LogP contribution in [0, 0.1) is 6.92 Å². The van der Waals surface area contributed by atoms with Gasteiger partial charge in [0.15, 0.2) is 5.69 Å². The van der Waals surface area contributed by atoms with Gasteiger partial charge in [-0.05, 0) is 19.8 Å². The summed E-state index contributed by atoms with van der Waals surface area (Å²) in [6, 6.07) is 0. The average Bonchev–Trinajstić information content (AvgIpc) is 3.17. The Balaban J connectivity index is 1.69. The van der Waals surface area contributed by atoms with Gasteiger partial charge < -0.3 is 10.1 Å². The van der Waals surface area contributed by atoms with E-state index in [0.717, 1.165) is 19.4 Å². The highest BCUT2D eigenvalue weighted by Gasteiger charge is 2.21. The van der Waals surface area contributed by atoms with Crippen LogP contribution in [0.3, 0.4) is 0 Å². The van der Waals surface area contributed by atoms with Gasteiger partial charge in [0.05, 0.1) is 11.8 Å². The van der Waals surface area contributed by atoms with Crippen LogP contribution in [0.2, 0.25) is 0 Å². The largest absolute Gasteiger partial charge is 0.376 e. The molecule has 2 aromatic rings. The van der Waals surface area contributed by atoms with E-state index in [0.29, 0.717) is 23.1 Å². The molecule has 1 amide bonds. The van der Waals surface area contributed by atoms with Crippen molar-refractivity contribution < 1.29 is 9.53 Å². The van der Waals surface area contributed by atoms with E-state index in [2.05, 4.69) is 20.6 Å². The van der Waals surface area contributed by atoms with Crippen LogP contribution in [0.4, 0.5) is 0 Å². The molecule has 7 nitrogen and oxygen atoms in total. The smallest absolute Gasteiger partial charge is 0.273 e. The van der Waals surface area contributed by atoms with E-state index < -0.39 is 0 Å². The summed E-state index contributed by atoms with van der Waals surface area (Å²) in [5.74, 6) is -0.221. The summed E-state index contributed by atoms with van der Waals surface area (Å²) in [5, 5.41) is 13.3. The number of rotatable bonds is 4. The molecule has 20 heavy (non-hydrogen) atoms. The van der Waals surface area contributed by atoms with Crippen molar-refractivity contribution >= 4 is 17.2 Å². The molecule has 1 aliphatic heterocycles. The second kappa shape index (κ2) is 5.68. The third kappa shape index (κ3) is 2.56. The minimum absolute atomic E-state index is 0.119. The first-order valence-electron chi connectivity index (χ1n) is 6.47. The van der Waals surface area contributed by atoms with Gasteiger partial charge in [-0.2, -0.15) is 4.68 Å². The van der Waals surface area contributed by atoms with Crippen molar-refractivity contribution in [2.45, 2.75) is 25.9 Å². The first-order chi connectivity index (χ1) is 9.75. The number of carbonyl (C=O) groups is 1. The fraction of sp³-hybridized carbons (Fsp3) is 0.500. The van der Waals surface area contributed by atoms with Crippen molar-refractivity contribution in [3.8, 4) is 5.13 Å². The van der Waals surface area contributed by atoms with Crippen LogP contribution in [0.15, 0.2) is 11.6 Å². The molecule has 0 bridgehead atoms. The van der Waals surface area contributed by atoms with E-state index in [9.17, 15) is 4.79 Å². The summed E-state index contributed by atoms with van der Waals surface area (Å²) in [6.45, 7) is 3.10. The summed E-state index contributed by atoms with van der Waals surface area (Å²) < 4.78 is 7.04. The summed E-state index contributed by atoms with van der Waals surface area (Å²) in [7, 11) is 0. The molecular formula is C12H15N5O2S. The van der Waals surface area contributed by atoms with Crippen LogP contribution in [-0.2, 0) is 4.74 Å². The first-order valence-corrected chi connectivity index (χ1v) is 7.35. The third-order valence-electron chi connectivity index (χ3n) is 3.22. The quantitative estimate of drug-likeness (QED) is 0.907. The van der Waals surface area contributed by atoms with Crippen LogP contribution in [-0.4, -0.2) is 45.1 Å². The highest BCUT2D eigenvalue weighted by Crippen LogP contribution is 2.15. The van der Waals surface area contributed by atoms with Gasteiger partial charge in [-0.15, -0.1) is 16.4 Å². The Morgan fingerprint density at radius 3 is 3.25 bits per heavy atom. The number of thiazole rings is 1. The van der Waals surface area contributed by atoms with E-state index >= 15 is 0 Å². The average molecular weight is 293 g/mol. The molecule has 0 radical (unpaired) electrons. The van der Waals surface area contributed by atoms with Crippen molar-refractivity contribution in [2.75, 3.05) is 13.2 Å². The molecule has 106 valence electrons. The minimum atomic E-state index is -0.221. The monoisotopic (exact) mass is 293 g/mol. The van der Waals surface area contributed by atoms with Gasteiger partial charge in [0.2, 0.25) is 5.13 Å². The molecule has 1 N–H and O–H groups in total. The van der Waals surface area contributed by atoms with Crippen molar-refractivity contribution in [3.05, 3.63) is 23.0 Å². The van der Waals surface area contributed by atoms with E-state index in [4.69, 9.17) is 4.74 Å². The third-order valence-corrected chi connectivity index (χ3v) is 3.97.